The highest BCUT2D eigenvalue weighted by Crippen LogP contribution is 2.31. The maximum Gasteiger partial charge on any atom is 0.142 e. The van der Waals surface area contributed by atoms with E-state index >= 15 is 0 Å². The van der Waals surface area contributed by atoms with Gasteiger partial charge in [0.15, 0.2) is 0 Å². The highest BCUT2D eigenvalue weighted by Gasteiger charge is 2.19. The van der Waals surface area contributed by atoms with Gasteiger partial charge in [-0.25, -0.2) is 9.97 Å². The van der Waals surface area contributed by atoms with Crippen molar-refractivity contribution in [3.8, 4) is 10.7 Å². The van der Waals surface area contributed by atoms with Gasteiger partial charge in [0.1, 0.15) is 10.7 Å². The van der Waals surface area contributed by atoms with Crippen LogP contribution in [0, 0.1) is 0 Å². The normalized spacial score (nSPS) is 12.0. The maximum absolute atomic E-state index is 5.57. The number of rotatable bonds is 2. The van der Waals surface area contributed by atoms with Crippen LogP contribution in [-0.4, -0.2) is 9.97 Å². The molecule has 3 nitrogen and oxygen atoms in total. The van der Waals surface area contributed by atoms with Gasteiger partial charge in [0, 0.05) is 28.4 Å². The minimum atomic E-state index is 0.108. The summed E-state index contributed by atoms with van der Waals surface area (Å²) in [6, 6.07) is 0. The number of nitrogens with zero attached hydrogens (tertiary/aromatic N) is 2. The Morgan fingerprint density at radius 1 is 1.38 bits per heavy atom. The molecule has 0 aliphatic heterocycles. The van der Waals surface area contributed by atoms with Crippen molar-refractivity contribution in [3.05, 3.63) is 21.5 Å². The van der Waals surface area contributed by atoms with Crippen LogP contribution < -0.4 is 5.73 Å². The fourth-order valence-corrected chi connectivity index (χ4v) is 2.96. The molecule has 2 aromatic rings. The third-order valence-electron chi connectivity index (χ3n) is 2.12. The van der Waals surface area contributed by atoms with Gasteiger partial charge in [-0.3, -0.25) is 0 Å². The van der Waals surface area contributed by atoms with E-state index < -0.39 is 0 Å². The van der Waals surface area contributed by atoms with Crippen molar-refractivity contribution in [3.63, 3.8) is 0 Å². The largest absolute Gasteiger partial charge is 0.326 e. The van der Waals surface area contributed by atoms with Gasteiger partial charge in [0.25, 0.3) is 0 Å². The molecular formula is C11H15N3S2. The van der Waals surface area contributed by atoms with E-state index in [2.05, 4.69) is 36.1 Å². The molecule has 2 N–H and O–H groups in total. The zero-order valence-electron chi connectivity index (χ0n) is 9.65. The summed E-state index contributed by atoms with van der Waals surface area (Å²) in [5.74, 6) is 0. The molecule has 0 saturated heterocycles. The summed E-state index contributed by atoms with van der Waals surface area (Å²) in [6.45, 7) is 7.06. The Balaban J connectivity index is 2.31. The molecule has 0 amide bonds. The van der Waals surface area contributed by atoms with E-state index in [1.165, 1.54) is 0 Å². The van der Waals surface area contributed by atoms with E-state index in [9.17, 15) is 0 Å². The molecule has 86 valence electrons. The number of aromatic nitrogens is 2. The first-order chi connectivity index (χ1) is 7.50. The Labute approximate surface area is 103 Å². The highest BCUT2D eigenvalue weighted by molar-refractivity contribution is 7.15. The first kappa shape index (κ1) is 11.7. The molecule has 0 saturated carbocycles. The summed E-state index contributed by atoms with van der Waals surface area (Å²) in [7, 11) is 0. The second kappa shape index (κ2) is 4.24. The predicted molar refractivity (Wildman–Crippen MR) is 69.8 cm³/mol. The van der Waals surface area contributed by atoms with Gasteiger partial charge in [-0.1, -0.05) is 20.8 Å². The third kappa shape index (κ3) is 2.31. The molecule has 0 unspecified atom stereocenters. The molecule has 2 rings (SSSR count). The van der Waals surface area contributed by atoms with Crippen molar-refractivity contribution in [1.29, 1.82) is 0 Å². The quantitative estimate of drug-likeness (QED) is 0.895. The van der Waals surface area contributed by atoms with Crippen LogP contribution in [-0.2, 0) is 12.0 Å². The van der Waals surface area contributed by atoms with E-state index in [1.54, 1.807) is 22.7 Å². The molecule has 0 bridgehead atoms. The lowest BCUT2D eigenvalue weighted by molar-refractivity contribution is 0.586. The molecule has 0 radical (unpaired) electrons. The van der Waals surface area contributed by atoms with Gasteiger partial charge < -0.3 is 5.73 Å². The summed E-state index contributed by atoms with van der Waals surface area (Å²) >= 11 is 3.31. The van der Waals surface area contributed by atoms with E-state index in [1.807, 2.05) is 6.20 Å². The van der Waals surface area contributed by atoms with Crippen molar-refractivity contribution in [2.45, 2.75) is 32.7 Å². The first-order valence-corrected chi connectivity index (χ1v) is 6.81. The van der Waals surface area contributed by atoms with Crippen molar-refractivity contribution < 1.29 is 0 Å². The van der Waals surface area contributed by atoms with Crippen LogP contribution in [0.2, 0.25) is 0 Å². The Morgan fingerprint density at radius 2 is 2.12 bits per heavy atom. The van der Waals surface area contributed by atoms with Crippen LogP contribution in [0.25, 0.3) is 10.7 Å². The van der Waals surface area contributed by atoms with Crippen molar-refractivity contribution in [2.24, 2.45) is 5.73 Å². The SMILES string of the molecule is CC(C)(C)c1nc(-c2ncc(CN)s2)cs1. The summed E-state index contributed by atoms with van der Waals surface area (Å²) in [6.07, 6.45) is 1.83. The molecule has 0 atom stereocenters. The molecular weight excluding hydrogens is 238 g/mol. The molecule has 0 aromatic carbocycles. The van der Waals surface area contributed by atoms with Crippen LogP contribution in [0.1, 0.15) is 30.7 Å². The fourth-order valence-electron chi connectivity index (χ4n) is 1.24. The molecule has 0 spiro atoms. The zero-order chi connectivity index (χ0) is 11.8. The van der Waals surface area contributed by atoms with Crippen molar-refractivity contribution >= 4 is 22.7 Å². The lowest BCUT2D eigenvalue weighted by Gasteiger charge is -2.13. The lowest BCUT2D eigenvalue weighted by Crippen LogP contribution is -2.10. The fraction of sp³-hybridized carbons (Fsp3) is 0.455. The second-order valence-electron chi connectivity index (χ2n) is 4.62. The first-order valence-electron chi connectivity index (χ1n) is 5.12. The predicted octanol–water partition coefficient (Wildman–Crippen LogP) is 3.02. The number of hydrogen-bond acceptors (Lipinski definition) is 5. The zero-order valence-corrected chi connectivity index (χ0v) is 11.3. The minimum absolute atomic E-state index is 0.108. The van der Waals surface area contributed by atoms with Crippen molar-refractivity contribution in [1.82, 2.24) is 9.97 Å². The van der Waals surface area contributed by atoms with Gasteiger partial charge in [-0.15, -0.1) is 22.7 Å². The number of hydrogen-bond donors (Lipinski definition) is 1. The summed E-state index contributed by atoms with van der Waals surface area (Å²) < 4.78 is 0. The molecule has 0 aliphatic carbocycles. The highest BCUT2D eigenvalue weighted by atomic mass is 32.1. The Bertz CT molecular complexity index is 479. The average Bonchev–Trinajstić information content (AvgIpc) is 2.85. The minimum Gasteiger partial charge on any atom is -0.326 e. The molecule has 16 heavy (non-hydrogen) atoms. The van der Waals surface area contributed by atoms with Crippen LogP contribution >= 0.6 is 22.7 Å². The lowest BCUT2D eigenvalue weighted by atomic mass is 9.98. The second-order valence-corrected chi connectivity index (χ2v) is 6.60. The third-order valence-corrected chi connectivity index (χ3v) is 4.43. The molecule has 2 heterocycles. The molecule has 5 heteroatoms. The van der Waals surface area contributed by atoms with Crippen molar-refractivity contribution in [2.75, 3.05) is 0 Å². The van der Waals surface area contributed by atoms with Gasteiger partial charge in [0.05, 0.1) is 5.01 Å². The van der Waals surface area contributed by atoms with Gasteiger partial charge in [-0.05, 0) is 0 Å². The topological polar surface area (TPSA) is 51.8 Å². The molecule has 0 aliphatic rings. The Morgan fingerprint density at radius 3 is 2.62 bits per heavy atom. The van der Waals surface area contributed by atoms with Gasteiger partial charge in [-0.2, -0.15) is 0 Å². The van der Waals surface area contributed by atoms with Crippen LogP contribution in [0.15, 0.2) is 11.6 Å². The van der Waals surface area contributed by atoms with E-state index in [-0.39, 0.29) is 5.41 Å². The summed E-state index contributed by atoms with van der Waals surface area (Å²) in [5, 5.41) is 4.18. The van der Waals surface area contributed by atoms with Gasteiger partial charge in [0.2, 0.25) is 0 Å². The Kier molecular flexibility index (Phi) is 3.10. The van der Waals surface area contributed by atoms with Gasteiger partial charge >= 0.3 is 0 Å². The standard InChI is InChI=1S/C11H15N3S2/c1-11(2,3)10-14-8(6-15-10)9-13-5-7(4-12)16-9/h5-6H,4,12H2,1-3H3. The van der Waals surface area contributed by atoms with E-state index in [0.717, 1.165) is 20.6 Å². The van der Waals surface area contributed by atoms with Crippen LogP contribution in [0.5, 0.6) is 0 Å². The molecule has 2 aromatic heterocycles. The average molecular weight is 253 g/mol. The van der Waals surface area contributed by atoms with Crippen LogP contribution in [0.4, 0.5) is 0 Å². The Hall–Kier alpha value is -0.780. The van der Waals surface area contributed by atoms with Crippen LogP contribution in [0.3, 0.4) is 0 Å². The number of nitrogens with two attached hydrogens (primary N) is 1. The maximum atomic E-state index is 5.57. The molecule has 0 fully saturated rings. The summed E-state index contributed by atoms with van der Waals surface area (Å²) in [4.78, 5) is 10.1. The van der Waals surface area contributed by atoms with E-state index in [4.69, 9.17) is 5.73 Å². The summed E-state index contributed by atoms with van der Waals surface area (Å²) in [5.41, 5.74) is 6.65. The smallest absolute Gasteiger partial charge is 0.142 e. The van der Waals surface area contributed by atoms with E-state index in [0.29, 0.717) is 6.54 Å². The monoisotopic (exact) mass is 253 g/mol. The number of thiazole rings is 2.